The summed E-state index contributed by atoms with van der Waals surface area (Å²) < 4.78 is 11.7. The summed E-state index contributed by atoms with van der Waals surface area (Å²) in [5.41, 5.74) is 0.859. The van der Waals surface area contributed by atoms with Crippen molar-refractivity contribution in [3.8, 4) is 17.2 Å². The van der Waals surface area contributed by atoms with Crippen molar-refractivity contribution in [3.63, 3.8) is 0 Å². The number of pyridine rings is 1. The van der Waals surface area contributed by atoms with Crippen molar-refractivity contribution in [2.45, 2.75) is 6.61 Å². The number of hydrogen-bond acceptors (Lipinski definition) is 5. The van der Waals surface area contributed by atoms with Crippen LogP contribution in [0.4, 0.5) is 5.69 Å². The summed E-state index contributed by atoms with van der Waals surface area (Å²) in [5, 5.41) is 11.1. The van der Waals surface area contributed by atoms with E-state index in [1.54, 1.807) is 24.3 Å². The van der Waals surface area contributed by atoms with Crippen LogP contribution in [0, 0.1) is 10.1 Å². The summed E-state index contributed by atoms with van der Waals surface area (Å²) in [6.45, 7) is 0.461. The molecule has 25 heavy (non-hydrogen) atoms. The molecule has 1 aromatic heterocycles. The summed E-state index contributed by atoms with van der Waals surface area (Å²) in [5.74, 6) is 1.25. The molecule has 0 bridgehead atoms. The zero-order valence-electron chi connectivity index (χ0n) is 13.0. The third-order valence-electron chi connectivity index (χ3n) is 3.32. The normalized spacial score (nSPS) is 10.3. The number of halogens is 1. The number of hydrogen-bond donors (Lipinski definition) is 0. The lowest BCUT2D eigenvalue weighted by atomic mass is 10.2. The third-order valence-corrected chi connectivity index (χ3v) is 3.89. The van der Waals surface area contributed by atoms with Gasteiger partial charge in [-0.15, -0.1) is 0 Å². The number of benzene rings is 2. The Labute approximate surface area is 152 Å². The van der Waals surface area contributed by atoms with Gasteiger partial charge in [-0.1, -0.05) is 30.3 Å². The lowest BCUT2D eigenvalue weighted by Gasteiger charge is -2.09. The maximum atomic E-state index is 11.1. The van der Waals surface area contributed by atoms with E-state index >= 15 is 0 Å². The molecule has 126 valence electrons. The highest BCUT2D eigenvalue weighted by Gasteiger charge is 2.19. The molecule has 0 unspecified atom stereocenters. The minimum Gasteiger partial charge on any atom is -0.489 e. The number of ether oxygens (including phenoxy) is 2. The van der Waals surface area contributed by atoms with Crippen LogP contribution in [0.15, 0.2) is 71.5 Å². The summed E-state index contributed by atoms with van der Waals surface area (Å²) in [6.07, 6.45) is 2.59. The molecule has 0 saturated heterocycles. The van der Waals surface area contributed by atoms with Crippen molar-refractivity contribution in [1.29, 1.82) is 0 Å². The Morgan fingerprint density at radius 1 is 1.00 bits per heavy atom. The first-order valence-electron chi connectivity index (χ1n) is 7.36. The SMILES string of the molecule is O=[N+]([O-])c1cncc(Br)c1Oc1ccc(OCc2ccccc2)cc1. The fourth-order valence-electron chi connectivity index (χ4n) is 2.11. The predicted molar refractivity (Wildman–Crippen MR) is 95.9 cm³/mol. The van der Waals surface area contributed by atoms with Gasteiger partial charge in [0.2, 0.25) is 5.75 Å². The van der Waals surface area contributed by atoms with Crippen LogP contribution in [0.2, 0.25) is 0 Å². The van der Waals surface area contributed by atoms with Crippen molar-refractivity contribution in [1.82, 2.24) is 4.98 Å². The van der Waals surface area contributed by atoms with E-state index in [0.29, 0.717) is 22.6 Å². The van der Waals surface area contributed by atoms with E-state index in [1.165, 1.54) is 6.20 Å². The zero-order chi connectivity index (χ0) is 17.6. The van der Waals surface area contributed by atoms with Crippen molar-refractivity contribution in [3.05, 3.63) is 87.1 Å². The topological polar surface area (TPSA) is 74.5 Å². The Hall–Kier alpha value is -2.93. The van der Waals surface area contributed by atoms with Crippen LogP contribution in [0.25, 0.3) is 0 Å². The van der Waals surface area contributed by atoms with E-state index in [-0.39, 0.29) is 11.4 Å². The standard InChI is InChI=1S/C18H13BrN2O4/c19-16-10-20-11-17(21(22)23)18(16)25-15-8-6-14(7-9-15)24-12-13-4-2-1-3-5-13/h1-11H,12H2. The minimum absolute atomic E-state index is 0.109. The minimum atomic E-state index is -0.537. The fourth-order valence-corrected chi connectivity index (χ4v) is 2.51. The average Bonchev–Trinajstić information content (AvgIpc) is 2.63. The Morgan fingerprint density at radius 3 is 2.36 bits per heavy atom. The van der Waals surface area contributed by atoms with Crippen LogP contribution in [0.5, 0.6) is 17.2 Å². The largest absolute Gasteiger partial charge is 0.489 e. The van der Waals surface area contributed by atoms with Gasteiger partial charge in [0.05, 0.1) is 9.40 Å². The van der Waals surface area contributed by atoms with Gasteiger partial charge in [0, 0.05) is 6.20 Å². The highest BCUT2D eigenvalue weighted by molar-refractivity contribution is 9.10. The molecule has 0 fully saturated rings. The van der Waals surface area contributed by atoms with Gasteiger partial charge < -0.3 is 9.47 Å². The molecule has 0 atom stereocenters. The van der Waals surface area contributed by atoms with Crippen LogP contribution in [0.1, 0.15) is 5.56 Å². The first kappa shape index (κ1) is 16.9. The van der Waals surface area contributed by atoms with Crippen molar-refractivity contribution < 1.29 is 14.4 Å². The van der Waals surface area contributed by atoms with Crippen LogP contribution in [-0.4, -0.2) is 9.91 Å². The van der Waals surface area contributed by atoms with E-state index in [4.69, 9.17) is 9.47 Å². The van der Waals surface area contributed by atoms with Gasteiger partial charge in [-0.3, -0.25) is 15.1 Å². The van der Waals surface area contributed by atoms with Gasteiger partial charge in [-0.05, 0) is 45.8 Å². The van der Waals surface area contributed by atoms with Crippen molar-refractivity contribution >= 4 is 21.6 Å². The number of aromatic nitrogens is 1. The van der Waals surface area contributed by atoms with Crippen LogP contribution >= 0.6 is 15.9 Å². The van der Waals surface area contributed by atoms with Gasteiger partial charge in [-0.25, -0.2) is 0 Å². The fraction of sp³-hybridized carbons (Fsp3) is 0.0556. The van der Waals surface area contributed by atoms with Crippen LogP contribution in [-0.2, 0) is 6.61 Å². The van der Waals surface area contributed by atoms with E-state index in [9.17, 15) is 10.1 Å². The van der Waals surface area contributed by atoms with E-state index in [0.717, 1.165) is 11.8 Å². The number of rotatable bonds is 6. The molecular formula is C18H13BrN2O4. The highest BCUT2D eigenvalue weighted by atomic mass is 79.9. The maximum absolute atomic E-state index is 11.1. The molecular weight excluding hydrogens is 388 g/mol. The lowest BCUT2D eigenvalue weighted by molar-refractivity contribution is -0.386. The molecule has 0 radical (unpaired) electrons. The lowest BCUT2D eigenvalue weighted by Crippen LogP contribution is -1.96. The highest BCUT2D eigenvalue weighted by Crippen LogP contribution is 2.37. The van der Waals surface area contributed by atoms with E-state index in [1.807, 2.05) is 30.3 Å². The quantitative estimate of drug-likeness (QED) is 0.423. The Bertz CT molecular complexity index is 870. The second-order valence-corrected chi connectivity index (χ2v) is 5.93. The Balaban J connectivity index is 1.70. The predicted octanol–water partition coefficient (Wildman–Crippen LogP) is 5.12. The molecule has 0 saturated carbocycles. The first-order valence-corrected chi connectivity index (χ1v) is 8.15. The molecule has 1 heterocycles. The van der Waals surface area contributed by atoms with E-state index in [2.05, 4.69) is 20.9 Å². The monoisotopic (exact) mass is 400 g/mol. The van der Waals surface area contributed by atoms with Crippen LogP contribution < -0.4 is 9.47 Å². The molecule has 7 heteroatoms. The molecule has 0 aliphatic heterocycles. The van der Waals surface area contributed by atoms with Crippen LogP contribution in [0.3, 0.4) is 0 Å². The Kier molecular flexibility index (Phi) is 5.25. The number of nitrogens with zero attached hydrogens (tertiary/aromatic N) is 2. The summed E-state index contributed by atoms with van der Waals surface area (Å²) in [7, 11) is 0. The van der Waals surface area contributed by atoms with E-state index < -0.39 is 4.92 Å². The summed E-state index contributed by atoms with van der Waals surface area (Å²) in [6, 6.07) is 16.7. The molecule has 2 aromatic carbocycles. The average molecular weight is 401 g/mol. The zero-order valence-corrected chi connectivity index (χ0v) is 14.5. The Morgan fingerprint density at radius 2 is 1.68 bits per heavy atom. The van der Waals surface area contributed by atoms with Crippen molar-refractivity contribution in [2.75, 3.05) is 0 Å². The molecule has 6 nitrogen and oxygen atoms in total. The third kappa shape index (κ3) is 4.33. The van der Waals surface area contributed by atoms with Gasteiger partial charge in [0.25, 0.3) is 0 Å². The van der Waals surface area contributed by atoms with Gasteiger partial charge in [-0.2, -0.15) is 0 Å². The second kappa shape index (κ2) is 7.76. The number of nitro groups is 1. The first-order chi connectivity index (χ1) is 12.1. The second-order valence-electron chi connectivity index (χ2n) is 5.07. The molecule has 0 N–H and O–H groups in total. The molecule has 0 amide bonds. The maximum Gasteiger partial charge on any atom is 0.330 e. The smallest absolute Gasteiger partial charge is 0.330 e. The summed E-state index contributed by atoms with van der Waals surface area (Å²) >= 11 is 3.22. The molecule has 0 aliphatic carbocycles. The molecule has 0 aliphatic rings. The van der Waals surface area contributed by atoms with Gasteiger partial charge >= 0.3 is 5.69 Å². The molecule has 0 spiro atoms. The van der Waals surface area contributed by atoms with Crippen molar-refractivity contribution in [2.24, 2.45) is 0 Å². The van der Waals surface area contributed by atoms with Gasteiger partial charge in [0.15, 0.2) is 0 Å². The molecule has 3 aromatic rings. The summed E-state index contributed by atoms with van der Waals surface area (Å²) in [4.78, 5) is 14.3. The van der Waals surface area contributed by atoms with Gasteiger partial charge in [0.1, 0.15) is 24.3 Å². The molecule has 3 rings (SSSR count).